The van der Waals surface area contributed by atoms with E-state index in [0.717, 1.165) is 51.0 Å². The second-order valence-corrected chi connectivity index (χ2v) is 7.77. The fourth-order valence-corrected chi connectivity index (χ4v) is 3.71. The van der Waals surface area contributed by atoms with Crippen molar-refractivity contribution in [2.24, 2.45) is 0 Å². The van der Waals surface area contributed by atoms with Gasteiger partial charge in [0.25, 0.3) is 0 Å². The summed E-state index contributed by atoms with van der Waals surface area (Å²) in [6.45, 7) is 3.00. The van der Waals surface area contributed by atoms with Gasteiger partial charge in [0, 0.05) is 32.8 Å². The van der Waals surface area contributed by atoms with Gasteiger partial charge in [-0.05, 0) is 44.4 Å². The first-order valence-corrected chi connectivity index (χ1v) is 10.1. The molecule has 2 fully saturated rings. The minimum atomic E-state index is -5.08. The molecule has 1 aromatic rings. The molecular weight excluding hydrogens is 476 g/mol. The highest BCUT2D eigenvalue weighted by Gasteiger charge is 2.43. The second-order valence-electron chi connectivity index (χ2n) is 7.77. The Hall–Kier alpha value is -2.90. The number of likely N-dealkylation sites (tertiary alicyclic amines) is 2. The molecule has 2 N–H and O–H groups in total. The fraction of sp³-hybridized carbons (Fsp3) is 0.600. The van der Waals surface area contributed by atoms with Crippen LogP contribution in [0.15, 0.2) is 24.4 Å². The highest BCUT2D eigenvalue weighted by molar-refractivity contribution is 5.77. The van der Waals surface area contributed by atoms with Gasteiger partial charge in [-0.1, -0.05) is 6.07 Å². The van der Waals surface area contributed by atoms with Crippen molar-refractivity contribution in [1.29, 1.82) is 0 Å². The van der Waals surface area contributed by atoms with Crippen LogP contribution in [0.4, 0.5) is 26.3 Å². The molecule has 0 aromatic carbocycles. The van der Waals surface area contributed by atoms with Crippen LogP contribution in [0.25, 0.3) is 0 Å². The van der Waals surface area contributed by atoms with Crippen LogP contribution in [0.5, 0.6) is 0 Å². The Labute approximate surface area is 191 Å². The molecule has 2 aliphatic rings. The van der Waals surface area contributed by atoms with E-state index < -0.39 is 24.3 Å². The average Bonchev–Trinajstić information content (AvgIpc) is 2.73. The maximum Gasteiger partial charge on any atom is 0.490 e. The number of carbonyl (C=O) groups excluding carboxylic acids is 1. The zero-order valence-corrected chi connectivity index (χ0v) is 18.2. The highest BCUT2D eigenvalue weighted by atomic mass is 19.4. The Kier molecular flexibility index (Phi) is 10.3. The number of nitrogens with zero attached hydrogens (tertiary/aromatic N) is 3. The van der Waals surface area contributed by atoms with Crippen LogP contribution in [0.3, 0.4) is 0 Å². The van der Waals surface area contributed by atoms with E-state index in [1.165, 1.54) is 6.42 Å². The van der Waals surface area contributed by atoms with Crippen LogP contribution >= 0.6 is 0 Å². The van der Waals surface area contributed by atoms with Gasteiger partial charge in [-0.3, -0.25) is 14.7 Å². The standard InChI is InChI=1S/C16H23N3O.2C2HF3O2/c1-18-15(20)7-4-8-16(18)9-5-11-19(13-16)12-14-6-2-3-10-17-14;2*3-2(4,5)1(6)7/h2-3,6,10H,4-5,7-9,11-13H2,1H3;2*(H,6,7). The van der Waals surface area contributed by atoms with Crippen molar-refractivity contribution in [2.75, 3.05) is 20.1 Å². The predicted molar refractivity (Wildman–Crippen MR) is 105 cm³/mol. The molecule has 0 saturated carbocycles. The monoisotopic (exact) mass is 501 g/mol. The number of halogens is 6. The number of aliphatic carboxylic acids is 2. The van der Waals surface area contributed by atoms with Crippen LogP contribution in [0, 0.1) is 0 Å². The van der Waals surface area contributed by atoms with Crippen LogP contribution in [0.1, 0.15) is 37.8 Å². The summed E-state index contributed by atoms with van der Waals surface area (Å²) in [4.78, 5) is 38.7. The molecular formula is C20H25F6N3O5. The largest absolute Gasteiger partial charge is 0.490 e. The number of aromatic nitrogens is 1. The van der Waals surface area contributed by atoms with E-state index in [1.54, 1.807) is 0 Å². The van der Waals surface area contributed by atoms with E-state index in [1.807, 2.05) is 30.3 Å². The van der Waals surface area contributed by atoms with Gasteiger partial charge in [0.05, 0.1) is 11.2 Å². The van der Waals surface area contributed by atoms with E-state index >= 15 is 0 Å². The maximum absolute atomic E-state index is 12.0. The second kappa shape index (κ2) is 12.0. The zero-order chi connectivity index (χ0) is 26.2. The molecule has 8 nitrogen and oxygen atoms in total. The van der Waals surface area contributed by atoms with Gasteiger partial charge in [-0.25, -0.2) is 9.59 Å². The van der Waals surface area contributed by atoms with Crippen molar-refractivity contribution < 1.29 is 50.9 Å². The molecule has 192 valence electrons. The summed E-state index contributed by atoms with van der Waals surface area (Å²) in [6.07, 6.45) is -3.09. The third-order valence-corrected chi connectivity index (χ3v) is 5.35. The summed E-state index contributed by atoms with van der Waals surface area (Å²) in [5, 5.41) is 14.2. The topological polar surface area (TPSA) is 111 Å². The minimum Gasteiger partial charge on any atom is -0.475 e. The number of piperidine rings is 2. The SMILES string of the molecule is CN1C(=O)CCCC12CCCN(Cc1ccccn1)C2.O=C(O)C(F)(F)F.O=C(O)C(F)(F)F. The Balaban J connectivity index is 0.000000343. The molecule has 14 heteroatoms. The molecule has 34 heavy (non-hydrogen) atoms. The van der Waals surface area contributed by atoms with E-state index in [4.69, 9.17) is 19.8 Å². The fourth-order valence-electron chi connectivity index (χ4n) is 3.71. The number of pyridine rings is 1. The molecule has 3 rings (SSSR count). The Morgan fingerprint density at radius 1 is 1.03 bits per heavy atom. The third-order valence-electron chi connectivity index (χ3n) is 5.35. The lowest BCUT2D eigenvalue weighted by Crippen LogP contribution is -2.60. The zero-order valence-electron chi connectivity index (χ0n) is 18.2. The number of amides is 1. The summed E-state index contributed by atoms with van der Waals surface area (Å²) in [5.41, 5.74) is 1.19. The van der Waals surface area contributed by atoms with Crippen molar-refractivity contribution in [3.63, 3.8) is 0 Å². The molecule has 2 aliphatic heterocycles. The Bertz CT molecular complexity index is 806. The minimum absolute atomic E-state index is 0.0718. The van der Waals surface area contributed by atoms with Gasteiger partial charge < -0.3 is 15.1 Å². The Morgan fingerprint density at radius 3 is 2.03 bits per heavy atom. The molecule has 1 atom stereocenters. The average molecular weight is 501 g/mol. The van der Waals surface area contributed by atoms with Gasteiger partial charge >= 0.3 is 24.3 Å². The van der Waals surface area contributed by atoms with Gasteiger partial charge in [-0.2, -0.15) is 26.3 Å². The molecule has 0 bridgehead atoms. The van der Waals surface area contributed by atoms with Crippen molar-refractivity contribution in [1.82, 2.24) is 14.8 Å². The number of carboxylic acid groups (broad SMARTS) is 2. The number of rotatable bonds is 2. The van der Waals surface area contributed by atoms with Gasteiger partial charge in [-0.15, -0.1) is 0 Å². The summed E-state index contributed by atoms with van der Waals surface area (Å²) >= 11 is 0. The molecule has 0 radical (unpaired) electrons. The van der Waals surface area contributed by atoms with Crippen molar-refractivity contribution >= 4 is 17.8 Å². The van der Waals surface area contributed by atoms with E-state index in [2.05, 4.69) is 16.0 Å². The van der Waals surface area contributed by atoms with E-state index in [-0.39, 0.29) is 5.54 Å². The summed E-state index contributed by atoms with van der Waals surface area (Å²) in [6, 6.07) is 6.07. The number of carbonyl (C=O) groups is 3. The lowest BCUT2D eigenvalue weighted by Gasteiger charge is -2.50. The molecule has 1 aromatic heterocycles. The van der Waals surface area contributed by atoms with Crippen LogP contribution in [-0.4, -0.2) is 80.9 Å². The maximum atomic E-state index is 12.0. The first kappa shape index (κ1) is 29.1. The quantitative estimate of drug-likeness (QED) is 0.598. The lowest BCUT2D eigenvalue weighted by atomic mass is 9.80. The van der Waals surface area contributed by atoms with Gasteiger partial charge in [0.2, 0.25) is 5.91 Å². The number of carboxylic acids is 2. The third kappa shape index (κ3) is 9.15. The summed E-state index contributed by atoms with van der Waals surface area (Å²) in [7, 11) is 1.99. The molecule has 1 spiro atoms. The number of hydrogen-bond donors (Lipinski definition) is 2. The number of hydrogen-bond acceptors (Lipinski definition) is 5. The Morgan fingerprint density at radius 2 is 1.56 bits per heavy atom. The number of likely N-dealkylation sites (N-methyl/N-ethyl adjacent to an activating group) is 1. The normalized spacial score (nSPS) is 21.1. The predicted octanol–water partition coefficient (Wildman–Crippen LogP) is 3.33. The van der Waals surface area contributed by atoms with Crippen molar-refractivity contribution in [3.8, 4) is 0 Å². The summed E-state index contributed by atoms with van der Waals surface area (Å²) in [5.74, 6) is -5.20. The number of alkyl halides is 6. The van der Waals surface area contributed by atoms with E-state index in [0.29, 0.717) is 5.91 Å². The summed E-state index contributed by atoms with van der Waals surface area (Å²) < 4.78 is 63.5. The van der Waals surface area contributed by atoms with Crippen LogP contribution in [-0.2, 0) is 20.9 Å². The molecule has 0 aliphatic carbocycles. The first-order valence-electron chi connectivity index (χ1n) is 10.1. The van der Waals surface area contributed by atoms with E-state index in [9.17, 15) is 31.1 Å². The molecule has 1 unspecified atom stereocenters. The lowest BCUT2D eigenvalue weighted by molar-refractivity contribution is -0.193. The highest BCUT2D eigenvalue weighted by Crippen LogP contribution is 2.35. The molecule has 3 heterocycles. The smallest absolute Gasteiger partial charge is 0.475 e. The van der Waals surface area contributed by atoms with Crippen LogP contribution in [0.2, 0.25) is 0 Å². The first-order chi connectivity index (χ1) is 15.6. The molecule has 1 amide bonds. The van der Waals surface area contributed by atoms with Crippen molar-refractivity contribution in [2.45, 2.75) is 56.5 Å². The van der Waals surface area contributed by atoms with Gasteiger partial charge in [0.1, 0.15) is 0 Å². The van der Waals surface area contributed by atoms with Gasteiger partial charge in [0.15, 0.2) is 0 Å². The van der Waals surface area contributed by atoms with Crippen molar-refractivity contribution in [3.05, 3.63) is 30.1 Å². The van der Waals surface area contributed by atoms with Crippen LogP contribution < -0.4 is 0 Å². The molecule has 2 saturated heterocycles.